The highest BCUT2D eigenvalue weighted by molar-refractivity contribution is 9.10. The van der Waals surface area contributed by atoms with Gasteiger partial charge in [-0.3, -0.25) is 4.90 Å². The first kappa shape index (κ1) is 15.7. The van der Waals surface area contributed by atoms with Crippen LogP contribution in [0.5, 0.6) is 5.88 Å². The van der Waals surface area contributed by atoms with Crippen LogP contribution in [0, 0.1) is 0 Å². The average molecular weight is 342 g/mol. The molecule has 2 heterocycles. The molecule has 1 aromatic heterocycles. The van der Waals surface area contributed by atoms with Gasteiger partial charge in [0, 0.05) is 18.0 Å². The summed E-state index contributed by atoms with van der Waals surface area (Å²) in [6.45, 7) is 10.4. The lowest BCUT2D eigenvalue weighted by Crippen LogP contribution is -2.33. The molecule has 1 aliphatic heterocycles. The Hall–Kier alpha value is -0.680. The highest BCUT2D eigenvalue weighted by Gasteiger charge is 2.19. The number of ether oxygens (including phenoxy) is 1. The molecule has 0 saturated carbocycles. The summed E-state index contributed by atoms with van der Waals surface area (Å²) in [6.07, 6.45) is 3.99. The van der Waals surface area contributed by atoms with Crippen LogP contribution in [-0.2, 0) is 5.41 Å². The SMILES string of the molecule is CC(C)(C)c1nc(Br)cc(OCCN2CCCCC2)n1. The van der Waals surface area contributed by atoms with Gasteiger partial charge in [0.2, 0.25) is 5.88 Å². The molecule has 0 amide bonds. The number of hydrogen-bond acceptors (Lipinski definition) is 4. The lowest BCUT2D eigenvalue weighted by atomic mass is 9.96. The number of rotatable bonds is 4. The van der Waals surface area contributed by atoms with Crippen LogP contribution in [0.15, 0.2) is 10.7 Å². The third-order valence-corrected chi connectivity index (χ3v) is 3.85. The van der Waals surface area contributed by atoms with Gasteiger partial charge >= 0.3 is 0 Å². The van der Waals surface area contributed by atoms with E-state index in [1.807, 2.05) is 6.07 Å². The van der Waals surface area contributed by atoms with Crippen molar-refractivity contribution in [1.29, 1.82) is 0 Å². The first-order valence-electron chi connectivity index (χ1n) is 7.35. The molecular formula is C15H24BrN3O. The molecule has 112 valence electrons. The average Bonchev–Trinajstić information content (AvgIpc) is 2.38. The zero-order valence-electron chi connectivity index (χ0n) is 12.7. The molecule has 0 aliphatic carbocycles. The van der Waals surface area contributed by atoms with E-state index >= 15 is 0 Å². The maximum atomic E-state index is 5.80. The molecule has 0 aromatic carbocycles. The van der Waals surface area contributed by atoms with Crippen LogP contribution in [0.1, 0.15) is 45.9 Å². The number of nitrogens with zero attached hydrogens (tertiary/aromatic N) is 3. The van der Waals surface area contributed by atoms with E-state index in [2.05, 4.69) is 51.6 Å². The predicted molar refractivity (Wildman–Crippen MR) is 84.2 cm³/mol. The molecule has 1 fully saturated rings. The van der Waals surface area contributed by atoms with Crippen LogP contribution in [0.4, 0.5) is 0 Å². The van der Waals surface area contributed by atoms with Crippen LogP contribution in [0.25, 0.3) is 0 Å². The van der Waals surface area contributed by atoms with E-state index in [1.54, 1.807) is 0 Å². The lowest BCUT2D eigenvalue weighted by Gasteiger charge is -2.26. The summed E-state index contributed by atoms with van der Waals surface area (Å²) in [7, 11) is 0. The maximum Gasteiger partial charge on any atom is 0.217 e. The molecular weight excluding hydrogens is 318 g/mol. The highest BCUT2D eigenvalue weighted by Crippen LogP contribution is 2.23. The van der Waals surface area contributed by atoms with Gasteiger partial charge in [0.05, 0.1) is 0 Å². The first-order valence-corrected chi connectivity index (χ1v) is 8.15. The van der Waals surface area contributed by atoms with E-state index in [1.165, 1.54) is 32.4 Å². The minimum atomic E-state index is -0.0746. The molecule has 4 nitrogen and oxygen atoms in total. The molecule has 0 unspecified atom stereocenters. The quantitative estimate of drug-likeness (QED) is 0.786. The second-order valence-corrected chi connectivity index (χ2v) is 7.17. The zero-order valence-corrected chi connectivity index (χ0v) is 14.2. The molecule has 0 atom stereocenters. The fraction of sp³-hybridized carbons (Fsp3) is 0.733. The van der Waals surface area contributed by atoms with E-state index in [-0.39, 0.29) is 5.41 Å². The summed E-state index contributed by atoms with van der Waals surface area (Å²) in [5.41, 5.74) is -0.0746. The summed E-state index contributed by atoms with van der Waals surface area (Å²) in [5, 5.41) is 0. The number of hydrogen-bond donors (Lipinski definition) is 0. The van der Waals surface area contributed by atoms with Crippen molar-refractivity contribution in [2.75, 3.05) is 26.2 Å². The minimum Gasteiger partial charge on any atom is -0.476 e. The van der Waals surface area contributed by atoms with E-state index in [0.29, 0.717) is 12.5 Å². The Bertz CT molecular complexity index is 439. The van der Waals surface area contributed by atoms with E-state index in [0.717, 1.165) is 17.0 Å². The number of likely N-dealkylation sites (tertiary alicyclic amines) is 1. The second kappa shape index (κ2) is 6.85. The fourth-order valence-electron chi connectivity index (χ4n) is 2.27. The van der Waals surface area contributed by atoms with E-state index < -0.39 is 0 Å². The smallest absolute Gasteiger partial charge is 0.217 e. The van der Waals surface area contributed by atoms with Crippen LogP contribution < -0.4 is 4.74 Å². The Morgan fingerprint density at radius 1 is 1.20 bits per heavy atom. The van der Waals surface area contributed by atoms with Crippen molar-refractivity contribution in [3.05, 3.63) is 16.5 Å². The Kier molecular flexibility index (Phi) is 5.38. The van der Waals surface area contributed by atoms with Gasteiger partial charge in [-0.15, -0.1) is 0 Å². The number of piperidine rings is 1. The van der Waals surface area contributed by atoms with Crippen LogP contribution >= 0.6 is 15.9 Å². The van der Waals surface area contributed by atoms with Crippen molar-refractivity contribution in [2.24, 2.45) is 0 Å². The van der Waals surface area contributed by atoms with Gasteiger partial charge in [-0.25, -0.2) is 4.98 Å². The molecule has 0 N–H and O–H groups in total. The van der Waals surface area contributed by atoms with Crippen molar-refractivity contribution >= 4 is 15.9 Å². The predicted octanol–water partition coefficient (Wildman–Crippen LogP) is 3.40. The third-order valence-electron chi connectivity index (χ3n) is 3.45. The fourth-order valence-corrected chi connectivity index (χ4v) is 2.63. The van der Waals surface area contributed by atoms with Gasteiger partial charge < -0.3 is 4.74 Å². The Morgan fingerprint density at radius 2 is 1.90 bits per heavy atom. The normalized spacial score (nSPS) is 17.2. The second-order valence-electron chi connectivity index (χ2n) is 6.35. The van der Waals surface area contributed by atoms with Gasteiger partial charge in [-0.05, 0) is 41.9 Å². The lowest BCUT2D eigenvalue weighted by molar-refractivity contribution is 0.180. The highest BCUT2D eigenvalue weighted by atomic mass is 79.9. The maximum absolute atomic E-state index is 5.80. The van der Waals surface area contributed by atoms with Gasteiger partial charge in [0.25, 0.3) is 0 Å². The molecule has 0 bridgehead atoms. The van der Waals surface area contributed by atoms with Crippen LogP contribution in [0.2, 0.25) is 0 Å². The molecule has 0 radical (unpaired) electrons. The van der Waals surface area contributed by atoms with Crippen molar-refractivity contribution in [1.82, 2.24) is 14.9 Å². The number of aromatic nitrogens is 2. The van der Waals surface area contributed by atoms with E-state index in [9.17, 15) is 0 Å². The largest absolute Gasteiger partial charge is 0.476 e. The monoisotopic (exact) mass is 341 g/mol. The van der Waals surface area contributed by atoms with E-state index in [4.69, 9.17) is 4.74 Å². The molecule has 1 saturated heterocycles. The van der Waals surface area contributed by atoms with Crippen molar-refractivity contribution in [3.63, 3.8) is 0 Å². The van der Waals surface area contributed by atoms with Crippen molar-refractivity contribution < 1.29 is 4.74 Å². The summed E-state index contributed by atoms with van der Waals surface area (Å²) in [6, 6.07) is 1.84. The molecule has 1 aromatic rings. The summed E-state index contributed by atoms with van der Waals surface area (Å²) >= 11 is 3.43. The summed E-state index contributed by atoms with van der Waals surface area (Å²) in [4.78, 5) is 11.4. The number of halogens is 1. The Balaban J connectivity index is 1.90. The first-order chi connectivity index (χ1) is 9.45. The molecule has 1 aliphatic rings. The summed E-state index contributed by atoms with van der Waals surface area (Å²) < 4.78 is 6.59. The van der Waals surface area contributed by atoms with Gasteiger partial charge in [0.1, 0.15) is 17.0 Å². The van der Waals surface area contributed by atoms with Gasteiger partial charge in [-0.2, -0.15) is 4.98 Å². The zero-order chi connectivity index (χ0) is 14.6. The van der Waals surface area contributed by atoms with Crippen LogP contribution in [-0.4, -0.2) is 41.1 Å². The Morgan fingerprint density at radius 3 is 2.55 bits per heavy atom. The Labute approximate surface area is 130 Å². The topological polar surface area (TPSA) is 38.2 Å². The molecule has 0 spiro atoms. The summed E-state index contributed by atoms with van der Waals surface area (Å²) in [5.74, 6) is 1.47. The molecule has 2 rings (SSSR count). The molecule has 5 heteroatoms. The standard InChI is InChI=1S/C15H24BrN3O/c1-15(2,3)14-17-12(16)11-13(18-14)20-10-9-19-7-5-4-6-8-19/h11H,4-10H2,1-3H3. The third kappa shape index (κ3) is 4.70. The molecule has 20 heavy (non-hydrogen) atoms. The van der Waals surface area contributed by atoms with Crippen molar-refractivity contribution in [2.45, 2.75) is 45.4 Å². The van der Waals surface area contributed by atoms with Crippen molar-refractivity contribution in [3.8, 4) is 5.88 Å². The van der Waals surface area contributed by atoms with Crippen LogP contribution in [0.3, 0.4) is 0 Å². The van der Waals surface area contributed by atoms with Gasteiger partial charge in [-0.1, -0.05) is 27.2 Å². The minimum absolute atomic E-state index is 0.0746. The van der Waals surface area contributed by atoms with Gasteiger partial charge in [0.15, 0.2) is 0 Å².